The average Bonchev–Trinajstić information content (AvgIpc) is 2.84. The lowest BCUT2D eigenvalue weighted by Crippen LogP contribution is -2.25. The molecule has 0 radical (unpaired) electrons. The molecule has 1 amide bonds. The van der Waals surface area contributed by atoms with Crippen LogP contribution in [0.1, 0.15) is 41.8 Å². The average molecular weight is 310 g/mol. The lowest BCUT2D eigenvalue weighted by molar-refractivity contribution is 0.0942. The summed E-state index contributed by atoms with van der Waals surface area (Å²) in [6.45, 7) is 6.27. The van der Waals surface area contributed by atoms with Gasteiger partial charge in [-0.05, 0) is 12.1 Å². The van der Waals surface area contributed by atoms with Crippen LogP contribution in [0.3, 0.4) is 0 Å². The van der Waals surface area contributed by atoms with Crippen molar-refractivity contribution >= 4 is 17.2 Å². The summed E-state index contributed by atoms with van der Waals surface area (Å²) >= 11 is 1.50. The van der Waals surface area contributed by atoms with Crippen LogP contribution >= 0.6 is 11.3 Å². The second kappa shape index (κ2) is 5.89. The van der Waals surface area contributed by atoms with Crippen LogP contribution in [-0.2, 0) is 12.0 Å². The molecule has 0 aliphatic rings. The van der Waals surface area contributed by atoms with Crippen LogP contribution in [0.15, 0.2) is 23.6 Å². The summed E-state index contributed by atoms with van der Waals surface area (Å²) in [5, 5.41) is 5.27. The number of carbonyl (C=O) groups is 1. The van der Waals surface area contributed by atoms with Gasteiger partial charge in [-0.3, -0.25) is 4.79 Å². The van der Waals surface area contributed by atoms with Crippen LogP contribution < -0.4 is 5.32 Å². The van der Waals surface area contributed by atoms with E-state index in [-0.39, 0.29) is 12.0 Å². The fraction of sp³-hybridized carbons (Fsp3) is 0.333. The molecule has 1 heterocycles. The molecular formula is C15H16F2N2OS. The lowest BCUT2D eigenvalue weighted by Gasteiger charge is -2.13. The summed E-state index contributed by atoms with van der Waals surface area (Å²) in [5.41, 5.74) is 0.0451. The Morgan fingerprint density at radius 2 is 1.90 bits per heavy atom. The maximum atomic E-state index is 13.5. The van der Waals surface area contributed by atoms with E-state index >= 15 is 0 Å². The molecule has 2 aromatic rings. The maximum Gasteiger partial charge on any atom is 0.257 e. The fourth-order valence-electron chi connectivity index (χ4n) is 1.71. The molecule has 6 heteroatoms. The monoisotopic (exact) mass is 310 g/mol. The largest absolute Gasteiger partial charge is 0.346 e. The zero-order chi connectivity index (χ0) is 15.6. The van der Waals surface area contributed by atoms with Crippen LogP contribution in [-0.4, -0.2) is 10.9 Å². The van der Waals surface area contributed by atoms with Gasteiger partial charge < -0.3 is 5.32 Å². The highest BCUT2D eigenvalue weighted by atomic mass is 32.1. The molecule has 3 nitrogen and oxygen atoms in total. The van der Waals surface area contributed by atoms with Crippen LogP contribution in [0.25, 0.3) is 0 Å². The zero-order valence-electron chi connectivity index (χ0n) is 12.0. The molecule has 2 rings (SSSR count). The number of thiazole rings is 1. The van der Waals surface area contributed by atoms with Gasteiger partial charge in [0.15, 0.2) is 0 Å². The van der Waals surface area contributed by atoms with Crippen molar-refractivity contribution in [3.63, 3.8) is 0 Å². The highest BCUT2D eigenvalue weighted by Crippen LogP contribution is 2.25. The number of rotatable bonds is 3. The number of halogens is 2. The minimum absolute atomic E-state index is 0.0649. The first-order valence-corrected chi connectivity index (χ1v) is 7.34. The summed E-state index contributed by atoms with van der Waals surface area (Å²) in [6, 6.07) is 3.33. The van der Waals surface area contributed by atoms with Crippen molar-refractivity contribution in [2.24, 2.45) is 0 Å². The van der Waals surface area contributed by atoms with Crippen molar-refractivity contribution in [1.29, 1.82) is 0 Å². The van der Waals surface area contributed by atoms with Crippen molar-refractivity contribution in [1.82, 2.24) is 10.3 Å². The summed E-state index contributed by atoms with van der Waals surface area (Å²) in [4.78, 5) is 16.3. The molecule has 0 bridgehead atoms. The molecule has 1 aromatic heterocycles. The number of nitrogens with zero attached hydrogens (tertiary/aromatic N) is 1. The van der Waals surface area contributed by atoms with Gasteiger partial charge in [0, 0.05) is 10.8 Å². The van der Waals surface area contributed by atoms with Crippen molar-refractivity contribution < 1.29 is 13.6 Å². The molecule has 0 aliphatic carbocycles. The minimum Gasteiger partial charge on any atom is -0.346 e. The number of aromatic nitrogens is 1. The van der Waals surface area contributed by atoms with E-state index in [0.29, 0.717) is 5.69 Å². The fourth-order valence-corrected chi connectivity index (χ4v) is 2.61. The molecule has 112 valence electrons. The zero-order valence-corrected chi connectivity index (χ0v) is 12.9. The summed E-state index contributed by atoms with van der Waals surface area (Å²) in [7, 11) is 0. The molecule has 0 fully saturated rings. The van der Waals surface area contributed by atoms with E-state index in [1.54, 1.807) is 0 Å². The van der Waals surface area contributed by atoms with Gasteiger partial charge in [-0.25, -0.2) is 13.8 Å². The van der Waals surface area contributed by atoms with Gasteiger partial charge in [0.05, 0.1) is 17.2 Å². The molecule has 1 aromatic carbocycles. The topological polar surface area (TPSA) is 42.0 Å². The molecular weight excluding hydrogens is 294 g/mol. The van der Waals surface area contributed by atoms with Gasteiger partial charge in [-0.15, -0.1) is 11.3 Å². The van der Waals surface area contributed by atoms with E-state index in [1.807, 2.05) is 26.2 Å². The van der Waals surface area contributed by atoms with Crippen LogP contribution in [0.5, 0.6) is 0 Å². The Morgan fingerprint density at radius 1 is 1.29 bits per heavy atom. The predicted molar refractivity (Wildman–Crippen MR) is 78.3 cm³/mol. The smallest absolute Gasteiger partial charge is 0.257 e. The molecule has 0 spiro atoms. The molecule has 1 N–H and O–H groups in total. The van der Waals surface area contributed by atoms with E-state index in [0.717, 1.165) is 17.1 Å². The normalized spacial score (nSPS) is 11.5. The Morgan fingerprint density at radius 3 is 2.43 bits per heavy atom. The van der Waals surface area contributed by atoms with Gasteiger partial charge >= 0.3 is 0 Å². The van der Waals surface area contributed by atoms with Crippen molar-refractivity contribution in [2.75, 3.05) is 0 Å². The van der Waals surface area contributed by atoms with E-state index in [9.17, 15) is 13.6 Å². The second-order valence-corrected chi connectivity index (χ2v) is 6.53. The third kappa shape index (κ3) is 3.64. The summed E-state index contributed by atoms with van der Waals surface area (Å²) < 4.78 is 26.9. The third-order valence-corrected chi connectivity index (χ3v) is 4.13. The highest BCUT2D eigenvalue weighted by molar-refractivity contribution is 7.09. The molecule has 21 heavy (non-hydrogen) atoms. The molecule has 0 saturated carbocycles. The number of hydrogen-bond donors (Lipinski definition) is 1. The van der Waals surface area contributed by atoms with Crippen LogP contribution in [0, 0.1) is 11.6 Å². The molecule has 0 aliphatic heterocycles. The van der Waals surface area contributed by atoms with Crippen molar-refractivity contribution in [3.05, 3.63) is 51.5 Å². The summed E-state index contributed by atoms with van der Waals surface area (Å²) in [6.07, 6.45) is 0. The standard InChI is InChI=1S/C15H16F2N2OS/c1-15(2,3)14-19-9(8-21-14)7-18-13(20)12-10(16)5-4-6-11(12)17/h4-6,8H,7H2,1-3H3,(H,18,20). The second-order valence-electron chi connectivity index (χ2n) is 5.67. The van der Waals surface area contributed by atoms with Gasteiger partial charge in [-0.1, -0.05) is 26.8 Å². The molecule has 0 atom stereocenters. The number of benzene rings is 1. The first-order valence-electron chi connectivity index (χ1n) is 6.46. The van der Waals surface area contributed by atoms with E-state index in [2.05, 4.69) is 10.3 Å². The van der Waals surface area contributed by atoms with Gasteiger partial charge in [-0.2, -0.15) is 0 Å². The van der Waals surface area contributed by atoms with E-state index in [4.69, 9.17) is 0 Å². The Hall–Kier alpha value is -1.82. The molecule has 0 saturated heterocycles. The quantitative estimate of drug-likeness (QED) is 0.940. The maximum absolute atomic E-state index is 13.5. The number of nitrogens with one attached hydrogen (secondary N) is 1. The van der Waals surface area contributed by atoms with E-state index < -0.39 is 23.1 Å². The van der Waals surface area contributed by atoms with Gasteiger partial charge in [0.1, 0.15) is 17.2 Å². The van der Waals surface area contributed by atoms with Crippen LogP contribution in [0.4, 0.5) is 8.78 Å². The Kier molecular flexibility index (Phi) is 4.37. The third-order valence-electron chi connectivity index (χ3n) is 2.81. The Labute approximate surface area is 126 Å². The van der Waals surface area contributed by atoms with Crippen molar-refractivity contribution in [3.8, 4) is 0 Å². The number of amides is 1. The van der Waals surface area contributed by atoms with Crippen LogP contribution in [0.2, 0.25) is 0 Å². The predicted octanol–water partition coefficient (Wildman–Crippen LogP) is 3.65. The molecule has 0 unspecified atom stereocenters. The SMILES string of the molecule is CC(C)(C)c1nc(CNC(=O)c2c(F)cccc2F)cs1. The number of hydrogen-bond acceptors (Lipinski definition) is 3. The Bertz CT molecular complexity index is 642. The highest BCUT2D eigenvalue weighted by Gasteiger charge is 2.19. The summed E-state index contributed by atoms with van der Waals surface area (Å²) in [5.74, 6) is -2.53. The Balaban J connectivity index is 2.06. The van der Waals surface area contributed by atoms with E-state index in [1.165, 1.54) is 17.4 Å². The van der Waals surface area contributed by atoms with Gasteiger partial charge in [0.2, 0.25) is 0 Å². The lowest BCUT2D eigenvalue weighted by atomic mass is 9.98. The minimum atomic E-state index is -0.874. The number of carbonyl (C=O) groups excluding carboxylic acids is 1. The first kappa shape index (κ1) is 15.6. The van der Waals surface area contributed by atoms with Gasteiger partial charge in [0.25, 0.3) is 5.91 Å². The first-order chi connectivity index (χ1) is 9.79. The van der Waals surface area contributed by atoms with Crippen molar-refractivity contribution in [2.45, 2.75) is 32.7 Å².